The minimum atomic E-state index is -4.45. The van der Waals surface area contributed by atoms with Crippen LogP contribution in [-0.4, -0.2) is 5.78 Å². The molecule has 0 aliphatic carbocycles. The van der Waals surface area contributed by atoms with E-state index in [1.54, 1.807) is 6.07 Å². The lowest BCUT2D eigenvalue weighted by atomic mass is 10.0. The first-order chi connectivity index (χ1) is 9.77. The Morgan fingerprint density at radius 3 is 2.19 bits per heavy atom. The Labute approximate surface area is 126 Å². The van der Waals surface area contributed by atoms with Gasteiger partial charge in [-0.3, -0.25) is 4.79 Å². The van der Waals surface area contributed by atoms with Gasteiger partial charge in [0.25, 0.3) is 0 Å². The quantitative estimate of drug-likeness (QED) is 0.554. The van der Waals surface area contributed by atoms with Crippen LogP contribution < -0.4 is 0 Å². The zero-order valence-corrected chi connectivity index (χ0v) is 12.1. The van der Waals surface area contributed by atoms with Gasteiger partial charge in [-0.15, -0.1) is 0 Å². The van der Waals surface area contributed by atoms with Crippen LogP contribution in [0.2, 0.25) is 0 Å². The van der Waals surface area contributed by atoms with Crippen molar-refractivity contribution >= 4 is 21.7 Å². The molecule has 110 valence electrons. The van der Waals surface area contributed by atoms with Crippen LogP contribution in [-0.2, 0) is 12.6 Å². The second-order valence-corrected chi connectivity index (χ2v) is 5.33. The first kappa shape index (κ1) is 15.7. The number of benzene rings is 2. The Morgan fingerprint density at radius 2 is 1.67 bits per heavy atom. The molecular weight excluding hydrogens is 352 g/mol. The van der Waals surface area contributed by atoms with Crippen LogP contribution in [0.15, 0.2) is 46.9 Å². The topological polar surface area (TPSA) is 17.1 Å². The van der Waals surface area contributed by atoms with Gasteiger partial charge in [0.1, 0.15) is 5.82 Å². The molecular formula is C15H9BrF4O. The third-order valence-electron chi connectivity index (χ3n) is 2.90. The molecule has 0 spiro atoms. The summed E-state index contributed by atoms with van der Waals surface area (Å²) in [5.41, 5.74) is -0.512. The maximum absolute atomic E-state index is 13.6. The Morgan fingerprint density at radius 1 is 1.05 bits per heavy atom. The predicted molar refractivity (Wildman–Crippen MR) is 73.6 cm³/mol. The molecule has 21 heavy (non-hydrogen) atoms. The molecule has 0 aromatic heterocycles. The average Bonchev–Trinajstić information content (AvgIpc) is 2.41. The summed E-state index contributed by atoms with van der Waals surface area (Å²) in [6, 6.07) is 8.16. The van der Waals surface area contributed by atoms with Crippen LogP contribution in [0.3, 0.4) is 0 Å². The Kier molecular flexibility index (Phi) is 4.46. The number of rotatable bonds is 3. The van der Waals surface area contributed by atoms with Crippen LogP contribution in [0.1, 0.15) is 21.5 Å². The van der Waals surface area contributed by atoms with Gasteiger partial charge < -0.3 is 0 Å². The van der Waals surface area contributed by atoms with E-state index in [2.05, 4.69) is 15.9 Å². The van der Waals surface area contributed by atoms with Crippen molar-refractivity contribution < 1.29 is 22.4 Å². The van der Waals surface area contributed by atoms with Crippen LogP contribution in [0.4, 0.5) is 17.6 Å². The van der Waals surface area contributed by atoms with E-state index in [0.29, 0.717) is 4.47 Å². The molecule has 2 aromatic carbocycles. The van der Waals surface area contributed by atoms with Gasteiger partial charge in [0.2, 0.25) is 0 Å². The van der Waals surface area contributed by atoms with Crippen molar-refractivity contribution in [3.05, 3.63) is 69.4 Å². The number of hydrogen-bond donors (Lipinski definition) is 0. The SMILES string of the molecule is O=C(Cc1ccc(Br)cc1F)c1ccc(C(F)(F)F)cc1. The Bertz CT molecular complexity index is 662. The smallest absolute Gasteiger partial charge is 0.294 e. The molecule has 0 bridgehead atoms. The van der Waals surface area contributed by atoms with Gasteiger partial charge in [0.05, 0.1) is 5.56 Å². The highest BCUT2D eigenvalue weighted by molar-refractivity contribution is 9.10. The molecule has 0 saturated heterocycles. The van der Waals surface area contributed by atoms with Crippen LogP contribution >= 0.6 is 15.9 Å². The Balaban J connectivity index is 2.17. The molecule has 0 aliphatic rings. The summed E-state index contributed by atoms with van der Waals surface area (Å²) in [5, 5.41) is 0. The number of carbonyl (C=O) groups excluding carboxylic acids is 1. The monoisotopic (exact) mass is 360 g/mol. The van der Waals surface area contributed by atoms with Crippen molar-refractivity contribution in [2.45, 2.75) is 12.6 Å². The van der Waals surface area contributed by atoms with Gasteiger partial charge >= 0.3 is 6.18 Å². The largest absolute Gasteiger partial charge is 0.416 e. The Hall–Kier alpha value is -1.69. The number of Topliss-reactive ketones (excluding diaryl/α,β-unsaturated/α-hetero) is 1. The van der Waals surface area contributed by atoms with Gasteiger partial charge in [-0.25, -0.2) is 4.39 Å². The van der Waals surface area contributed by atoms with Gasteiger partial charge in [-0.2, -0.15) is 13.2 Å². The molecule has 0 radical (unpaired) electrons. The third-order valence-corrected chi connectivity index (χ3v) is 3.39. The molecule has 0 unspecified atom stereocenters. The molecule has 2 aromatic rings. The number of hydrogen-bond acceptors (Lipinski definition) is 1. The maximum Gasteiger partial charge on any atom is 0.416 e. The highest BCUT2D eigenvalue weighted by atomic mass is 79.9. The molecule has 1 nitrogen and oxygen atoms in total. The van der Waals surface area contributed by atoms with Gasteiger partial charge in [-0.1, -0.05) is 34.1 Å². The summed E-state index contributed by atoms with van der Waals surface area (Å²) < 4.78 is 51.4. The van der Waals surface area contributed by atoms with Gasteiger partial charge in [-0.05, 0) is 29.8 Å². The molecule has 0 fully saturated rings. The molecule has 0 N–H and O–H groups in total. The highest BCUT2D eigenvalue weighted by Gasteiger charge is 2.30. The summed E-state index contributed by atoms with van der Waals surface area (Å²) in [5.74, 6) is -0.977. The molecule has 2 rings (SSSR count). The standard InChI is InChI=1S/C15H9BrF4O/c16-12-6-3-10(13(17)8-12)7-14(21)9-1-4-11(5-2-9)15(18,19)20/h1-6,8H,7H2. The lowest BCUT2D eigenvalue weighted by Crippen LogP contribution is -2.08. The second-order valence-electron chi connectivity index (χ2n) is 4.41. The number of halogens is 5. The first-order valence-electron chi connectivity index (χ1n) is 5.92. The van der Waals surface area contributed by atoms with E-state index in [0.717, 1.165) is 24.3 Å². The van der Waals surface area contributed by atoms with E-state index in [-0.39, 0.29) is 17.5 Å². The second kappa shape index (κ2) is 5.97. The van der Waals surface area contributed by atoms with E-state index < -0.39 is 23.3 Å². The number of carbonyl (C=O) groups is 1. The zero-order chi connectivity index (χ0) is 15.6. The summed E-state index contributed by atoms with van der Waals surface area (Å²) in [6.45, 7) is 0. The van der Waals surface area contributed by atoms with Crippen molar-refractivity contribution in [2.75, 3.05) is 0 Å². The van der Waals surface area contributed by atoms with Crippen LogP contribution in [0.5, 0.6) is 0 Å². The lowest BCUT2D eigenvalue weighted by Gasteiger charge is -2.07. The van der Waals surface area contributed by atoms with Crippen molar-refractivity contribution in [3.63, 3.8) is 0 Å². The fraction of sp³-hybridized carbons (Fsp3) is 0.133. The minimum Gasteiger partial charge on any atom is -0.294 e. The average molecular weight is 361 g/mol. The summed E-state index contributed by atoms with van der Waals surface area (Å²) in [4.78, 5) is 12.0. The molecule has 0 saturated carbocycles. The van der Waals surface area contributed by atoms with Crippen molar-refractivity contribution in [3.8, 4) is 0 Å². The zero-order valence-electron chi connectivity index (χ0n) is 10.5. The predicted octanol–water partition coefficient (Wildman–Crippen LogP) is 5.03. The molecule has 0 aliphatic heterocycles. The number of ketones is 1. The van der Waals surface area contributed by atoms with E-state index in [1.165, 1.54) is 12.1 Å². The van der Waals surface area contributed by atoms with Crippen molar-refractivity contribution in [1.82, 2.24) is 0 Å². The first-order valence-corrected chi connectivity index (χ1v) is 6.71. The maximum atomic E-state index is 13.6. The minimum absolute atomic E-state index is 0.116. The molecule has 6 heteroatoms. The van der Waals surface area contributed by atoms with Crippen LogP contribution in [0.25, 0.3) is 0 Å². The van der Waals surface area contributed by atoms with Crippen molar-refractivity contribution in [2.24, 2.45) is 0 Å². The normalized spacial score (nSPS) is 11.5. The molecule has 0 heterocycles. The van der Waals surface area contributed by atoms with Gasteiger partial charge in [0, 0.05) is 16.5 Å². The van der Waals surface area contributed by atoms with E-state index in [1.807, 2.05) is 0 Å². The van der Waals surface area contributed by atoms with Crippen molar-refractivity contribution in [1.29, 1.82) is 0 Å². The van der Waals surface area contributed by atoms with E-state index in [9.17, 15) is 22.4 Å². The van der Waals surface area contributed by atoms with E-state index >= 15 is 0 Å². The fourth-order valence-electron chi connectivity index (χ4n) is 1.79. The van der Waals surface area contributed by atoms with Gasteiger partial charge in [0.15, 0.2) is 5.78 Å². The fourth-order valence-corrected chi connectivity index (χ4v) is 2.12. The molecule has 0 amide bonds. The third kappa shape index (κ3) is 3.91. The van der Waals surface area contributed by atoms with E-state index in [4.69, 9.17) is 0 Å². The summed E-state index contributed by atoms with van der Waals surface area (Å²) in [7, 11) is 0. The lowest BCUT2D eigenvalue weighted by molar-refractivity contribution is -0.137. The summed E-state index contributed by atoms with van der Waals surface area (Å²) in [6.07, 6.45) is -4.65. The van der Waals surface area contributed by atoms with Crippen LogP contribution in [0, 0.1) is 5.82 Å². The summed E-state index contributed by atoms with van der Waals surface area (Å²) >= 11 is 3.10. The highest BCUT2D eigenvalue weighted by Crippen LogP contribution is 2.29. The number of alkyl halides is 3. The molecule has 0 atom stereocenters.